The van der Waals surface area contributed by atoms with Gasteiger partial charge in [-0.25, -0.2) is 0 Å². The molecule has 3 unspecified atom stereocenters. The summed E-state index contributed by atoms with van der Waals surface area (Å²) < 4.78 is 0. The molecule has 0 N–H and O–H groups in total. The SMILES string of the molecule is Cc1cncc(C2=CCC3C4CCN5C(=O)CCCC[C@]5(C)C4CC[C@]23C)c1. The van der Waals surface area contributed by atoms with Gasteiger partial charge < -0.3 is 4.90 Å². The quantitative estimate of drug-likeness (QED) is 0.656. The van der Waals surface area contributed by atoms with Crippen molar-refractivity contribution in [3.63, 3.8) is 0 Å². The summed E-state index contributed by atoms with van der Waals surface area (Å²) in [6, 6.07) is 2.31. The Kier molecular flexibility index (Phi) is 4.23. The van der Waals surface area contributed by atoms with Gasteiger partial charge in [0, 0.05) is 30.9 Å². The number of aryl methyl sites for hydroxylation is 1. The third kappa shape index (κ3) is 2.54. The lowest BCUT2D eigenvalue weighted by molar-refractivity contribution is -0.150. The van der Waals surface area contributed by atoms with Gasteiger partial charge in [-0.15, -0.1) is 0 Å². The molecular formula is C25H34N2O. The number of carbonyl (C=O) groups excluding carboxylic acids is 1. The summed E-state index contributed by atoms with van der Waals surface area (Å²) in [6.07, 6.45) is 15.7. The molecule has 1 aromatic heterocycles. The minimum Gasteiger partial charge on any atom is -0.337 e. The fourth-order valence-electron chi connectivity index (χ4n) is 7.54. The number of piperidine rings is 1. The van der Waals surface area contributed by atoms with E-state index >= 15 is 0 Å². The molecule has 0 bridgehead atoms. The number of fused-ring (bicyclic) bond motifs is 5. The van der Waals surface area contributed by atoms with Gasteiger partial charge in [0.15, 0.2) is 0 Å². The van der Waals surface area contributed by atoms with Crippen LogP contribution < -0.4 is 0 Å². The van der Waals surface area contributed by atoms with E-state index in [2.05, 4.69) is 49.0 Å². The van der Waals surface area contributed by atoms with Crippen LogP contribution in [-0.4, -0.2) is 27.9 Å². The average Bonchev–Trinajstić information content (AvgIpc) is 2.94. The predicted octanol–water partition coefficient (Wildman–Crippen LogP) is 5.39. The van der Waals surface area contributed by atoms with Crippen molar-refractivity contribution >= 4 is 11.5 Å². The molecule has 150 valence electrons. The zero-order chi connectivity index (χ0) is 19.5. The number of amides is 1. The molecule has 0 aromatic carbocycles. The fraction of sp³-hybridized carbons (Fsp3) is 0.680. The van der Waals surface area contributed by atoms with Crippen molar-refractivity contribution in [3.8, 4) is 0 Å². The van der Waals surface area contributed by atoms with Crippen LogP contribution in [0.1, 0.15) is 76.3 Å². The van der Waals surface area contributed by atoms with Gasteiger partial charge in [0.2, 0.25) is 5.91 Å². The molecule has 1 amide bonds. The van der Waals surface area contributed by atoms with Crippen LogP contribution in [0.2, 0.25) is 0 Å². The first-order valence-corrected chi connectivity index (χ1v) is 11.4. The molecule has 1 aromatic rings. The first kappa shape index (κ1) is 18.4. The summed E-state index contributed by atoms with van der Waals surface area (Å²) in [6.45, 7) is 8.05. The van der Waals surface area contributed by atoms with Crippen LogP contribution in [0.4, 0.5) is 0 Å². The number of allylic oxidation sites excluding steroid dienone is 2. The van der Waals surface area contributed by atoms with E-state index in [1.165, 1.54) is 55.2 Å². The third-order valence-electron chi connectivity index (χ3n) is 8.93. The second-order valence-electron chi connectivity index (χ2n) is 10.3. The number of rotatable bonds is 1. The predicted molar refractivity (Wildman–Crippen MR) is 113 cm³/mol. The van der Waals surface area contributed by atoms with Gasteiger partial charge in [-0.05, 0) is 98.3 Å². The Labute approximate surface area is 169 Å². The summed E-state index contributed by atoms with van der Waals surface area (Å²) in [5, 5.41) is 0. The highest BCUT2D eigenvalue weighted by Gasteiger charge is 2.58. The number of carbonyl (C=O) groups is 1. The Hall–Kier alpha value is -1.64. The Bertz CT molecular complexity index is 830. The van der Waals surface area contributed by atoms with E-state index in [9.17, 15) is 4.79 Å². The van der Waals surface area contributed by atoms with E-state index in [-0.39, 0.29) is 11.0 Å². The van der Waals surface area contributed by atoms with Crippen LogP contribution in [0.25, 0.3) is 5.57 Å². The van der Waals surface area contributed by atoms with Crippen molar-refractivity contribution < 1.29 is 4.79 Å². The molecule has 3 heteroatoms. The number of hydrogen-bond donors (Lipinski definition) is 0. The van der Waals surface area contributed by atoms with E-state index in [0.29, 0.717) is 11.8 Å². The van der Waals surface area contributed by atoms with E-state index in [1.807, 2.05) is 6.20 Å². The molecule has 3 fully saturated rings. The number of nitrogens with zero attached hydrogens (tertiary/aromatic N) is 2. The first-order valence-electron chi connectivity index (χ1n) is 11.4. The van der Waals surface area contributed by atoms with Crippen molar-refractivity contribution in [2.75, 3.05) is 6.54 Å². The normalized spacial score (nSPS) is 40.2. The minimum atomic E-state index is 0.0888. The molecule has 28 heavy (non-hydrogen) atoms. The van der Waals surface area contributed by atoms with Crippen molar-refractivity contribution in [1.82, 2.24) is 9.88 Å². The standard InChI is InChI=1S/C25H34N2O/c1-17-14-18(16-26-15-17)20-7-8-21-19-10-13-27-23(28)6-4-5-11-25(27,3)22(19)9-12-24(20,21)2/h7,14-16,19,21-22H,4-6,8-13H2,1-3H3/t19?,21?,22?,24-,25-/m1/s1. The topological polar surface area (TPSA) is 33.2 Å². The molecule has 3 nitrogen and oxygen atoms in total. The maximum atomic E-state index is 12.8. The average molecular weight is 379 g/mol. The van der Waals surface area contributed by atoms with E-state index in [1.54, 1.807) is 0 Å². The van der Waals surface area contributed by atoms with Crippen LogP contribution in [0.3, 0.4) is 0 Å². The van der Waals surface area contributed by atoms with E-state index in [0.717, 1.165) is 31.2 Å². The van der Waals surface area contributed by atoms with Gasteiger partial charge in [0.25, 0.3) is 0 Å². The fourth-order valence-corrected chi connectivity index (χ4v) is 7.54. The van der Waals surface area contributed by atoms with Gasteiger partial charge in [-0.2, -0.15) is 0 Å². The Balaban J connectivity index is 1.47. The second-order valence-corrected chi connectivity index (χ2v) is 10.3. The van der Waals surface area contributed by atoms with Gasteiger partial charge in [-0.3, -0.25) is 9.78 Å². The highest BCUT2D eigenvalue weighted by atomic mass is 16.2. The van der Waals surface area contributed by atoms with Gasteiger partial charge >= 0.3 is 0 Å². The summed E-state index contributed by atoms with van der Waals surface area (Å²) in [5.74, 6) is 2.56. The Morgan fingerprint density at radius 3 is 2.79 bits per heavy atom. The number of pyridine rings is 1. The van der Waals surface area contributed by atoms with Crippen LogP contribution in [0.15, 0.2) is 24.5 Å². The summed E-state index contributed by atoms with van der Waals surface area (Å²) >= 11 is 0. The summed E-state index contributed by atoms with van der Waals surface area (Å²) in [4.78, 5) is 19.6. The van der Waals surface area contributed by atoms with Gasteiger partial charge in [0.1, 0.15) is 0 Å². The van der Waals surface area contributed by atoms with Crippen molar-refractivity contribution in [2.24, 2.45) is 23.2 Å². The van der Waals surface area contributed by atoms with Crippen LogP contribution in [0.5, 0.6) is 0 Å². The summed E-state index contributed by atoms with van der Waals surface area (Å²) in [5.41, 5.74) is 4.47. The minimum absolute atomic E-state index is 0.0888. The Morgan fingerprint density at radius 2 is 1.96 bits per heavy atom. The monoisotopic (exact) mass is 378 g/mol. The molecule has 5 atom stereocenters. The summed E-state index contributed by atoms with van der Waals surface area (Å²) in [7, 11) is 0. The van der Waals surface area contributed by atoms with Gasteiger partial charge in [-0.1, -0.05) is 19.4 Å². The van der Waals surface area contributed by atoms with Crippen molar-refractivity contribution in [2.45, 2.75) is 77.7 Å². The highest BCUT2D eigenvalue weighted by Crippen LogP contribution is 2.63. The number of hydrogen-bond acceptors (Lipinski definition) is 2. The molecule has 4 aliphatic rings. The molecule has 3 heterocycles. The third-order valence-corrected chi connectivity index (χ3v) is 8.93. The van der Waals surface area contributed by atoms with E-state index < -0.39 is 0 Å². The molecule has 2 aliphatic carbocycles. The smallest absolute Gasteiger partial charge is 0.223 e. The molecule has 2 aliphatic heterocycles. The largest absolute Gasteiger partial charge is 0.337 e. The maximum absolute atomic E-state index is 12.8. The molecule has 2 saturated heterocycles. The van der Waals surface area contributed by atoms with Crippen molar-refractivity contribution in [3.05, 3.63) is 35.7 Å². The lowest BCUT2D eigenvalue weighted by Crippen LogP contribution is -2.62. The molecule has 0 radical (unpaired) electrons. The second kappa shape index (κ2) is 6.43. The zero-order valence-electron chi connectivity index (χ0n) is 17.7. The highest BCUT2D eigenvalue weighted by molar-refractivity contribution is 5.78. The van der Waals surface area contributed by atoms with E-state index in [4.69, 9.17) is 0 Å². The van der Waals surface area contributed by atoms with Crippen LogP contribution in [-0.2, 0) is 4.79 Å². The van der Waals surface area contributed by atoms with Crippen molar-refractivity contribution in [1.29, 1.82) is 0 Å². The molecule has 5 rings (SSSR count). The molecule has 1 saturated carbocycles. The van der Waals surface area contributed by atoms with Crippen LogP contribution in [0, 0.1) is 30.1 Å². The molecule has 0 spiro atoms. The lowest BCUT2D eigenvalue weighted by Gasteiger charge is -2.59. The van der Waals surface area contributed by atoms with Crippen LogP contribution >= 0.6 is 0 Å². The lowest BCUT2D eigenvalue weighted by atomic mass is 9.52. The first-order chi connectivity index (χ1) is 13.4. The molecular weight excluding hydrogens is 344 g/mol. The van der Waals surface area contributed by atoms with Gasteiger partial charge in [0.05, 0.1) is 0 Å². The maximum Gasteiger partial charge on any atom is 0.223 e. The zero-order valence-corrected chi connectivity index (χ0v) is 17.7. The Morgan fingerprint density at radius 1 is 1.11 bits per heavy atom. The number of aromatic nitrogens is 1.